The van der Waals surface area contributed by atoms with E-state index in [2.05, 4.69) is 10.1 Å². The zero-order valence-electron chi connectivity index (χ0n) is 9.15. The van der Waals surface area contributed by atoms with Crippen LogP contribution in [-0.4, -0.2) is 19.8 Å². The molecule has 2 aromatic heterocycles. The lowest BCUT2D eigenvalue weighted by molar-refractivity contribution is -0.141. The van der Waals surface area contributed by atoms with Crippen molar-refractivity contribution in [3.63, 3.8) is 0 Å². The van der Waals surface area contributed by atoms with Crippen molar-refractivity contribution in [2.24, 2.45) is 5.73 Å². The van der Waals surface area contributed by atoms with E-state index in [-0.39, 0.29) is 16.4 Å². The summed E-state index contributed by atoms with van der Waals surface area (Å²) in [5.41, 5.74) is 4.70. The van der Waals surface area contributed by atoms with Gasteiger partial charge in [0, 0.05) is 6.20 Å². The molecule has 0 aliphatic rings. The van der Waals surface area contributed by atoms with Crippen molar-refractivity contribution in [2.75, 3.05) is 0 Å². The first-order valence-corrected chi connectivity index (χ1v) is 6.36. The van der Waals surface area contributed by atoms with E-state index < -0.39 is 11.9 Å². The fourth-order valence-corrected chi connectivity index (χ4v) is 1.94. The predicted molar refractivity (Wildman–Crippen MR) is 75.0 cm³/mol. The number of alkyl halides is 3. The smallest absolute Gasteiger partial charge is 0.389 e. The molecule has 0 spiro atoms. The standard InChI is InChI=1S/C10H6F3IN4S/c11-10(12,13)7-2-1-6(8(15)19)9(17-7)18-4-5(14)3-16-18/h1-4H,(H2,15,19). The second kappa shape index (κ2) is 5.04. The van der Waals surface area contributed by atoms with E-state index in [4.69, 9.17) is 18.0 Å². The van der Waals surface area contributed by atoms with Gasteiger partial charge in [0.1, 0.15) is 10.7 Å². The number of aromatic nitrogens is 3. The summed E-state index contributed by atoms with van der Waals surface area (Å²) >= 11 is 6.79. The Morgan fingerprint density at radius 2 is 2.05 bits per heavy atom. The van der Waals surface area contributed by atoms with Crippen molar-refractivity contribution < 1.29 is 13.2 Å². The Labute approximate surface area is 125 Å². The molecule has 0 aliphatic carbocycles. The maximum Gasteiger partial charge on any atom is 0.433 e. The third kappa shape index (κ3) is 3.03. The fraction of sp³-hybridized carbons (Fsp3) is 0.100. The summed E-state index contributed by atoms with van der Waals surface area (Å²) in [4.78, 5) is 3.51. The minimum Gasteiger partial charge on any atom is -0.389 e. The first-order valence-electron chi connectivity index (χ1n) is 4.87. The highest BCUT2D eigenvalue weighted by molar-refractivity contribution is 14.1. The second-order valence-electron chi connectivity index (χ2n) is 3.53. The van der Waals surface area contributed by atoms with Crippen LogP contribution in [0.25, 0.3) is 5.82 Å². The van der Waals surface area contributed by atoms with Crippen molar-refractivity contribution in [2.45, 2.75) is 6.18 Å². The maximum atomic E-state index is 12.7. The van der Waals surface area contributed by atoms with Crippen LogP contribution in [0.15, 0.2) is 24.5 Å². The van der Waals surface area contributed by atoms with Crippen molar-refractivity contribution >= 4 is 39.8 Å². The van der Waals surface area contributed by atoms with Gasteiger partial charge in [-0.1, -0.05) is 12.2 Å². The Balaban J connectivity index is 2.64. The Kier molecular flexibility index (Phi) is 3.76. The summed E-state index contributed by atoms with van der Waals surface area (Å²) in [6, 6.07) is 2.04. The van der Waals surface area contributed by atoms with Crippen LogP contribution in [0.4, 0.5) is 13.2 Å². The SMILES string of the molecule is NC(=S)c1ccc(C(F)(F)F)nc1-n1cc(I)cn1. The van der Waals surface area contributed by atoms with Crippen LogP contribution < -0.4 is 5.73 Å². The molecule has 0 bridgehead atoms. The van der Waals surface area contributed by atoms with E-state index in [0.717, 1.165) is 9.64 Å². The van der Waals surface area contributed by atoms with E-state index in [1.54, 1.807) is 0 Å². The Morgan fingerprint density at radius 1 is 1.37 bits per heavy atom. The highest BCUT2D eigenvalue weighted by atomic mass is 127. The average molecular weight is 398 g/mol. The van der Waals surface area contributed by atoms with Gasteiger partial charge in [0.2, 0.25) is 0 Å². The molecule has 2 N–H and O–H groups in total. The van der Waals surface area contributed by atoms with Gasteiger partial charge in [-0.05, 0) is 34.7 Å². The fourth-order valence-electron chi connectivity index (χ4n) is 1.39. The summed E-state index contributed by atoms with van der Waals surface area (Å²) in [5.74, 6) is -0.0368. The number of nitrogens with zero attached hydrogens (tertiary/aromatic N) is 3. The predicted octanol–water partition coefficient (Wildman–Crippen LogP) is 2.52. The first kappa shape index (κ1) is 14.2. The number of rotatable bonds is 2. The zero-order chi connectivity index (χ0) is 14.2. The van der Waals surface area contributed by atoms with Crippen LogP contribution in [0.2, 0.25) is 0 Å². The van der Waals surface area contributed by atoms with Crippen molar-refractivity contribution in [3.8, 4) is 5.82 Å². The molecule has 4 nitrogen and oxygen atoms in total. The quantitative estimate of drug-likeness (QED) is 0.624. The summed E-state index contributed by atoms with van der Waals surface area (Å²) in [6.07, 6.45) is -1.51. The Bertz CT molecular complexity index is 638. The molecule has 0 amide bonds. The molecule has 0 unspecified atom stereocenters. The molecule has 100 valence electrons. The summed E-state index contributed by atoms with van der Waals surface area (Å²) in [6.45, 7) is 0. The minimum absolute atomic E-state index is 0.0368. The highest BCUT2D eigenvalue weighted by Gasteiger charge is 2.33. The topological polar surface area (TPSA) is 56.7 Å². The molecule has 2 aromatic rings. The van der Waals surface area contributed by atoms with Crippen molar-refractivity contribution in [1.82, 2.24) is 14.8 Å². The Morgan fingerprint density at radius 3 is 2.53 bits per heavy atom. The van der Waals surface area contributed by atoms with E-state index in [1.165, 1.54) is 23.1 Å². The van der Waals surface area contributed by atoms with Crippen molar-refractivity contribution in [1.29, 1.82) is 0 Å². The monoisotopic (exact) mass is 398 g/mol. The van der Waals surface area contributed by atoms with Gasteiger partial charge in [0.05, 0.1) is 15.3 Å². The Hall–Kier alpha value is -1.23. The molecule has 0 aliphatic heterocycles. The molecule has 0 aromatic carbocycles. The van der Waals surface area contributed by atoms with E-state index >= 15 is 0 Å². The van der Waals surface area contributed by atoms with Crippen LogP contribution in [-0.2, 0) is 6.18 Å². The van der Waals surface area contributed by atoms with Crippen molar-refractivity contribution in [3.05, 3.63) is 39.4 Å². The maximum absolute atomic E-state index is 12.7. The number of halogens is 4. The third-order valence-electron chi connectivity index (χ3n) is 2.20. The molecule has 2 rings (SSSR count). The third-order valence-corrected chi connectivity index (χ3v) is 2.98. The van der Waals surface area contributed by atoms with Crippen LogP contribution in [0.3, 0.4) is 0 Å². The van der Waals surface area contributed by atoms with Crippen LogP contribution in [0, 0.1) is 3.57 Å². The van der Waals surface area contributed by atoms with Crippen LogP contribution in [0.5, 0.6) is 0 Å². The number of hydrogen-bond donors (Lipinski definition) is 1. The largest absolute Gasteiger partial charge is 0.433 e. The summed E-state index contributed by atoms with van der Waals surface area (Å²) < 4.78 is 40.0. The van der Waals surface area contributed by atoms with Gasteiger partial charge in [-0.3, -0.25) is 0 Å². The molecule has 0 fully saturated rings. The average Bonchev–Trinajstić information content (AvgIpc) is 2.73. The highest BCUT2D eigenvalue weighted by Crippen LogP contribution is 2.29. The van der Waals surface area contributed by atoms with E-state index in [0.29, 0.717) is 0 Å². The van der Waals surface area contributed by atoms with Gasteiger partial charge in [-0.15, -0.1) is 0 Å². The molecule has 2 heterocycles. The van der Waals surface area contributed by atoms with Gasteiger partial charge >= 0.3 is 6.18 Å². The molecule has 9 heteroatoms. The normalized spacial score (nSPS) is 11.6. The van der Waals surface area contributed by atoms with E-state index in [1.807, 2.05) is 22.6 Å². The second-order valence-corrected chi connectivity index (χ2v) is 5.22. The number of thiocarbonyl (C=S) groups is 1. The molecular weight excluding hydrogens is 392 g/mol. The molecular formula is C10H6F3IN4S. The molecule has 0 atom stereocenters. The molecule has 0 radical (unpaired) electrons. The van der Waals surface area contributed by atoms with Crippen LogP contribution >= 0.6 is 34.8 Å². The lowest BCUT2D eigenvalue weighted by Crippen LogP contribution is -2.18. The van der Waals surface area contributed by atoms with E-state index in [9.17, 15) is 13.2 Å². The number of pyridine rings is 1. The summed E-state index contributed by atoms with van der Waals surface area (Å²) in [7, 11) is 0. The summed E-state index contributed by atoms with van der Waals surface area (Å²) in [5, 5.41) is 3.92. The number of hydrogen-bond acceptors (Lipinski definition) is 3. The molecule has 0 saturated carbocycles. The van der Waals surface area contributed by atoms with Gasteiger partial charge in [0.15, 0.2) is 5.82 Å². The van der Waals surface area contributed by atoms with Gasteiger partial charge in [0.25, 0.3) is 0 Å². The lowest BCUT2D eigenvalue weighted by atomic mass is 10.2. The first-order chi connectivity index (χ1) is 8.79. The van der Waals surface area contributed by atoms with Crippen LogP contribution in [0.1, 0.15) is 11.3 Å². The lowest BCUT2D eigenvalue weighted by Gasteiger charge is -2.11. The minimum atomic E-state index is -4.54. The number of nitrogens with two attached hydrogens (primary N) is 1. The van der Waals surface area contributed by atoms with Gasteiger partial charge in [-0.25, -0.2) is 9.67 Å². The molecule has 19 heavy (non-hydrogen) atoms. The van der Waals surface area contributed by atoms with Gasteiger partial charge in [-0.2, -0.15) is 18.3 Å². The molecule has 0 saturated heterocycles. The zero-order valence-corrected chi connectivity index (χ0v) is 12.1. The van der Waals surface area contributed by atoms with Gasteiger partial charge < -0.3 is 5.73 Å².